The number of aromatic nitrogens is 2. The monoisotopic (exact) mass is 238 g/mol. The van der Waals surface area contributed by atoms with Crippen molar-refractivity contribution in [1.29, 1.82) is 0 Å². The Labute approximate surface area is 102 Å². The standard InChI is InChI=1S/C12H22N4O/c1-11(2,3)8-6-9(16-15-8)14-10(17)12(4,5)7-13/h6H,7,13H2,1-5H3,(H2,14,15,16,17). The quantitative estimate of drug-likeness (QED) is 0.748. The van der Waals surface area contributed by atoms with Crippen LogP contribution in [-0.2, 0) is 10.2 Å². The van der Waals surface area contributed by atoms with Gasteiger partial charge in [-0.3, -0.25) is 9.89 Å². The topological polar surface area (TPSA) is 83.8 Å². The molecule has 5 heteroatoms. The van der Waals surface area contributed by atoms with Crippen LogP contribution in [0.2, 0.25) is 0 Å². The van der Waals surface area contributed by atoms with Crippen LogP contribution in [0.15, 0.2) is 6.07 Å². The van der Waals surface area contributed by atoms with Crippen LogP contribution in [0.4, 0.5) is 5.82 Å². The zero-order chi connectivity index (χ0) is 13.3. The number of rotatable bonds is 3. The molecule has 0 aliphatic heterocycles. The zero-order valence-corrected chi connectivity index (χ0v) is 11.2. The van der Waals surface area contributed by atoms with Crippen LogP contribution in [0.3, 0.4) is 0 Å². The summed E-state index contributed by atoms with van der Waals surface area (Å²) in [6, 6.07) is 1.85. The Kier molecular flexibility index (Phi) is 3.62. The van der Waals surface area contributed by atoms with Crippen molar-refractivity contribution in [2.45, 2.75) is 40.0 Å². The van der Waals surface area contributed by atoms with Gasteiger partial charge in [0.05, 0.1) is 5.41 Å². The summed E-state index contributed by atoms with van der Waals surface area (Å²) in [6.45, 7) is 10.1. The first-order chi connectivity index (χ1) is 7.66. The van der Waals surface area contributed by atoms with Crippen molar-refractivity contribution in [3.8, 4) is 0 Å². The van der Waals surface area contributed by atoms with E-state index in [1.54, 1.807) is 13.8 Å². The van der Waals surface area contributed by atoms with Gasteiger partial charge in [0.1, 0.15) is 0 Å². The van der Waals surface area contributed by atoms with E-state index in [-0.39, 0.29) is 11.3 Å². The predicted molar refractivity (Wildman–Crippen MR) is 68.8 cm³/mol. The van der Waals surface area contributed by atoms with E-state index in [1.165, 1.54) is 0 Å². The van der Waals surface area contributed by atoms with Gasteiger partial charge in [-0.1, -0.05) is 20.8 Å². The molecule has 0 aliphatic rings. The number of hydrogen-bond donors (Lipinski definition) is 3. The van der Waals surface area contributed by atoms with E-state index in [9.17, 15) is 4.79 Å². The average Bonchev–Trinajstić information content (AvgIpc) is 2.65. The molecule has 0 spiro atoms. The smallest absolute Gasteiger partial charge is 0.232 e. The van der Waals surface area contributed by atoms with E-state index in [1.807, 2.05) is 6.07 Å². The summed E-state index contributed by atoms with van der Waals surface area (Å²) in [4.78, 5) is 11.9. The molecule has 1 aromatic heterocycles. The van der Waals surface area contributed by atoms with E-state index in [0.717, 1.165) is 5.69 Å². The van der Waals surface area contributed by atoms with Crippen LogP contribution in [-0.4, -0.2) is 22.6 Å². The molecule has 0 radical (unpaired) electrons. The molecule has 0 bridgehead atoms. The molecule has 0 saturated heterocycles. The predicted octanol–water partition coefficient (Wildman–Crippen LogP) is 1.63. The molecular weight excluding hydrogens is 216 g/mol. The summed E-state index contributed by atoms with van der Waals surface area (Å²) >= 11 is 0. The molecule has 1 aromatic rings. The first-order valence-electron chi connectivity index (χ1n) is 5.74. The van der Waals surface area contributed by atoms with Gasteiger partial charge in [0.25, 0.3) is 0 Å². The number of anilines is 1. The summed E-state index contributed by atoms with van der Waals surface area (Å²) < 4.78 is 0. The lowest BCUT2D eigenvalue weighted by Crippen LogP contribution is -2.37. The number of carbonyl (C=O) groups is 1. The van der Waals surface area contributed by atoms with Crippen molar-refractivity contribution in [3.05, 3.63) is 11.8 Å². The Morgan fingerprint density at radius 2 is 2.00 bits per heavy atom. The van der Waals surface area contributed by atoms with Crippen LogP contribution in [0.25, 0.3) is 0 Å². The van der Waals surface area contributed by atoms with Gasteiger partial charge in [0.2, 0.25) is 5.91 Å². The summed E-state index contributed by atoms with van der Waals surface area (Å²) in [5.74, 6) is 0.424. The Morgan fingerprint density at radius 3 is 2.41 bits per heavy atom. The highest BCUT2D eigenvalue weighted by Gasteiger charge is 2.26. The van der Waals surface area contributed by atoms with Crippen LogP contribution in [0.5, 0.6) is 0 Å². The molecule has 17 heavy (non-hydrogen) atoms. The molecule has 0 unspecified atom stereocenters. The number of carbonyl (C=O) groups excluding carboxylic acids is 1. The van der Waals surface area contributed by atoms with Gasteiger partial charge >= 0.3 is 0 Å². The van der Waals surface area contributed by atoms with Crippen molar-refractivity contribution in [2.75, 3.05) is 11.9 Å². The van der Waals surface area contributed by atoms with E-state index >= 15 is 0 Å². The molecule has 4 N–H and O–H groups in total. The lowest BCUT2D eigenvalue weighted by Gasteiger charge is -2.20. The molecule has 0 fully saturated rings. The molecule has 0 aromatic carbocycles. The van der Waals surface area contributed by atoms with Crippen LogP contribution in [0.1, 0.15) is 40.3 Å². The highest BCUT2D eigenvalue weighted by Crippen LogP contribution is 2.23. The maximum absolute atomic E-state index is 11.9. The van der Waals surface area contributed by atoms with Gasteiger partial charge < -0.3 is 11.1 Å². The summed E-state index contributed by atoms with van der Waals surface area (Å²) in [5.41, 5.74) is 5.93. The van der Waals surface area contributed by atoms with Crippen LogP contribution < -0.4 is 11.1 Å². The third-order valence-electron chi connectivity index (χ3n) is 2.75. The van der Waals surface area contributed by atoms with Gasteiger partial charge in [-0.2, -0.15) is 5.10 Å². The zero-order valence-electron chi connectivity index (χ0n) is 11.2. The number of nitrogens with two attached hydrogens (primary N) is 1. The third kappa shape index (κ3) is 3.30. The minimum Gasteiger partial charge on any atom is -0.329 e. The number of nitrogens with one attached hydrogen (secondary N) is 2. The number of H-pyrrole nitrogens is 1. The maximum atomic E-state index is 11.9. The third-order valence-corrected chi connectivity index (χ3v) is 2.75. The first kappa shape index (κ1) is 13.7. The second-order valence-electron chi connectivity index (χ2n) is 5.96. The fraction of sp³-hybridized carbons (Fsp3) is 0.667. The number of aromatic amines is 1. The molecule has 0 saturated carbocycles. The maximum Gasteiger partial charge on any atom is 0.232 e. The van der Waals surface area contributed by atoms with Crippen molar-refractivity contribution in [2.24, 2.45) is 11.1 Å². The second-order valence-corrected chi connectivity index (χ2v) is 5.96. The SMILES string of the molecule is CC(C)(CN)C(=O)Nc1cc(C(C)(C)C)[nH]n1. The molecule has 1 heterocycles. The first-order valence-corrected chi connectivity index (χ1v) is 5.74. The van der Waals surface area contributed by atoms with Gasteiger partial charge in [-0.15, -0.1) is 0 Å². The Balaban J connectivity index is 2.77. The molecule has 96 valence electrons. The van der Waals surface area contributed by atoms with E-state index < -0.39 is 5.41 Å². The second kappa shape index (κ2) is 4.49. The lowest BCUT2D eigenvalue weighted by atomic mass is 9.92. The number of nitrogens with zero attached hydrogens (tertiary/aromatic N) is 1. The van der Waals surface area contributed by atoms with Gasteiger partial charge in [0.15, 0.2) is 5.82 Å². The van der Waals surface area contributed by atoms with Crippen molar-refractivity contribution in [1.82, 2.24) is 10.2 Å². The Morgan fingerprint density at radius 1 is 1.41 bits per heavy atom. The Hall–Kier alpha value is -1.36. The fourth-order valence-corrected chi connectivity index (χ4v) is 1.15. The fourth-order valence-electron chi connectivity index (χ4n) is 1.15. The Bertz CT molecular complexity index is 401. The summed E-state index contributed by atoms with van der Waals surface area (Å²) in [5, 5.41) is 9.76. The van der Waals surface area contributed by atoms with Crippen molar-refractivity contribution < 1.29 is 4.79 Å². The molecule has 5 nitrogen and oxygen atoms in total. The molecular formula is C12H22N4O. The highest BCUT2D eigenvalue weighted by atomic mass is 16.2. The minimum absolute atomic E-state index is 0.0145. The lowest BCUT2D eigenvalue weighted by molar-refractivity contribution is -0.123. The van der Waals surface area contributed by atoms with Crippen LogP contribution in [0, 0.1) is 5.41 Å². The molecule has 1 rings (SSSR count). The van der Waals surface area contributed by atoms with Crippen LogP contribution >= 0.6 is 0 Å². The van der Waals surface area contributed by atoms with Gasteiger partial charge in [-0.05, 0) is 13.8 Å². The van der Waals surface area contributed by atoms with Gasteiger partial charge in [-0.25, -0.2) is 0 Å². The minimum atomic E-state index is -0.582. The number of amides is 1. The average molecular weight is 238 g/mol. The molecule has 0 atom stereocenters. The van der Waals surface area contributed by atoms with E-state index in [4.69, 9.17) is 5.73 Å². The largest absolute Gasteiger partial charge is 0.329 e. The summed E-state index contributed by atoms with van der Waals surface area (Å²) in [7, 11) is 0. The van der Waals surface area contributed by atoms with E-state index in [0.29, 0.717) is 12.4 Å². The molecule has 0 aliphatic carbocycles. The van der Waals surface area contributed by atoms with E-state index in [2.05, 4.69) is 36.3 Å². The summed E-state index contributed by atoms with van der Waals surface area (Å²) in [6.07, 6.45) is 0. The number of hydrogen-bond acceptors (Lipinski definition) is 3. The normalized spacial score (nSPS) is 12.6. The van der Waals surface area contributed by atoms with Crippen molar-refractivity contribution in [3.63, 3.8) is 0 Å². The molecule has 1 amide bonds. The van der Waals surface area contributed by atoms with Gasteiger partial charge in [0, 0.05) is 23.7 Å². The van der Waals surface area contributed by atoms with Crippen molar-refractivity contribution >= 4 is 11.7 Å². The highest BCUT2D eigenvalue weighted by molar-refractivity contribution is 5.94.